The summed E-state index contributed by atoms with van der Waals surface area (Å²) in [6, 6.07) is 0. The lowest BCUT2D eigenvalue weighted by atomic mass is 9.40. The van der Waals surface area contributed by atoms with Gasteiger partial charge in [-0.1, -0.05) is 33.6 Å². The summed E-state index contributed by atoms with van der Waals surface area (Å²) in [5.74, 6) is 2.29. The van der Waals surface area contributed by atoms with Gasteiger partial charge in [-0.05, 0) is 85.9 Å². The molecule has 2 nitrogen and oxygen atoms in total. The lowest BCUT2D eigenvalue weighted by molar-refractivity contribution is -0.197. The van der Waals surface area contributed by atoms with Gasteiger partial charge in [-0.25, -0.2) is 0 Å². The van der Waals surface area contributed by atoms with E-state index in [2.05, 4.69) is 20.8 Å². The highest BCUT2D eigenvalue weighted by atomic mass is 16.3. The van der Waals surface area contributed by atoms with Crippen molar-refractivity contribution >= 4 is 5.78 Å². The molecule has 4 rings (SSSR count). The molecule has 4 aliphatic carbocycles. The Morgan fingerprint density at radius 2 is 1.71 bits per heavy atom. The standard InChI is InChI=1S/C22H36O2/c1-14(23)16-7-8-17-15-9-12-20(2)10-5-6-11-22(20,4)19(15)18(24)13-21(16,17)3/h15-19,24H,5-13H2,1-4H3/t15?,16-,17-,18+,19?,20+,21?,22-/m1/s1. The number of fused-ring (bicyclic) bond motifs is 5. The molecule has 0 heterocycles. The second-order valence-corrected chi connectivity index (χ2v) is 10.5. The zero-order chi connectivity index (χ0) is 17.3. The van der Waals surface area contributed by atoms with Crippen LogP contribution in [0.2, 0.25) is 0 Å². The molecule has 0 aromatic rings. The molecule has 1 N–H and O–H groups in total. The molecule has 136 valence electrons. The maximum absolute atomic E-state index is 12.2. The van der Waals surface area contributed by atoms with E-state index in [9.17, 15) is 9.90 Å². The van der Waals surface area contributed by atoms with E-state index in [0.29, 0.717) is 34.4 Å². The Morgan fingerprint density at radius 1 is 1.00 bits per heavy atom. The van der Waals surface area contributed by atoms with Gasteiger partial charge in [0, 0.05) is 5.92 Å². The highest BCUT2D eigenvalue weighted by molar-refractivity contribution is 5.79. The van der Waals surface area contributed by atoms with Gasteiger partial charge in [-0.3, -0.25) is 4.79 Å². The van der Waals surface area contributed by atoms with E-state index in [0.717, 1.165) is 12.8 Å². The molecular weight excluding hydrogens is 296 g/mol. The van der Waals surface area contributed by atoms with E-state index in [1.165, 1.54) is 44.9 Å². The van der Waals surface area contributed by atoms with Crippen LogP contribution in [0.1, 0.15) is 85.5 Å². The van der Waals surface area contributed by atoms with Crippen molar-refractivity contribution in [2.45, 2.75) is 91.6 Å². The van der Waals surface area contributed by atoms with Crippen LogP contribution in [0.5, 0.6) is 0 Å². The van der Waals surface area contributed by atoms with Gasteiger partial charge in [0.15, 0.2) is 0 Å². The molecule has 8 atom stereocenters. The summed E-state index contributed by atoms with van der Waals surface area (Å²) in [7, 11) is 0. The van der Waals surface area contributed by atoms with Crippen molar-refractivity contribution in [1.29, 1.82) is 0 Å². The molecule has 0 amide bonds. The van der Waals surface area contributed by atoms with Gasteiger partial charge in [0.25, 0.3) is 0 Å². The van der Waals surface area contributed by atoms with Crippen LogP contribution in [0.4, 0.5) is 0 Å². The molecule has 0 aliphatic heterocycles. The summed E-state index contributed by atoms with van der Waals surface area (Å²) < 4.78 is 0. The second kappa shape index (κ2) is 5.32. The Bertz CT molecular complexity index is 542. The zero-order valence-electron chi connectivity index (χ0n) is 16.1. The maximum atomic E-state index is 12.2. The molecule has 0 aromatic heterocycles. The Morgan fingerprint density at radius 3 is 2.42 bits per heavy atom. The molecule has 0 spiro atoms. The average Bonchev–Trinajstić information content (AvgIpc) is 2.84. The quantitative estimate of drug-likeness (QED) is 0.735. The van der Waals surface area contributed by atoms with Crippen LogP contribution in [0, 0.1) is 39.9 Å². The van der Waals surface area contributed by atoms with E-state index in [1.807, 2.05) is 0 Å². The van der Waals surface area contributed by atoms with E-state index in [1.54, 1.807) is 6.92 Å². The van der Waals surface area contributed by atoms with E-state index < -0.39 is 0 Å². The van der Waals surface area contributed by atoms with Gasteiger partial charge in [0.1, 0.15) is 5.78 Å². The Balaban J connectivity index is 1.72. The molecule has 2 heteroatoms. The monoisotopic (exact) mass is 332 g/mol. The maximum Gasteiger partial charge on any atom is 0.133 e. The lowest BCUT2D eigenvalue weighted by Gasteiger charge is -2.65. The molecule has 4 fully saturated rings. The number of aliphatic hydroxyl groups excluding tert-OH is 1. The Hall–Kier alpha value is -0.370. The molecule has 24 heavy (non-hydrogen) atoms. The van der Waals surface area contributed by atoms with Crippen molar-refractivity contribution in [2.75, 3.05) is 0 Å². The molecule has 3 unspecified atom stereocenters. The summed E-state index contributed by atoms with van der Waals surface area (Å²) in [6.07, 6.45) is 10.9. The lowest BCUT2D eigenvalue weighted by Crippen LogP contribution is -2.61. The van der Waals surface area contributed by atoms with Gasteiger partial charge in [0.05, 0.1) is 6.10 Å². The molecule has 0 saturated heterocycles. The average molecular weight is 333 g/mol. The fourth-order valence-corrected chi connectivity index (χ4v) is 8.38. The normalized spacial score (nSPS) is 57.0. The Kier molecular flexibility index (Phi) is 3.78. The van der Waals surface area contributed by atoms with Gasteiger partial charge in [0.2, 0.25) is 0 Å². The van der Waals surface area contributed by atoms with Crippen LogP contribution in [-0.2, 0) is 4.79 Å². The van der Waals surface area contributed by atoms with Crippen molar-refractivity contribution in [3.05, 3.63) is 0 Å². The molecule has 4 saturated carbocycles. The van der Waals surface area contributed by atoms with Crippen LogP contribution < -0.4 is 0 Å². The fourth-order valence-electron chi connectivity index (χ4n) is 8.38. The van der Waals surface area contributed by atoms with Gasteiger partial charge in [-0.2, -0.15) is 0 Å². The van der Waals surface area contributed by atoms with Crippen molar-refractivity contribution in [1.82, 2.24) is 0 Å². The third-order valence-electron chi connectivity index (χ3n) is 9.76. The summed E-state index contributed by atoms with van der Waals surface area (Å²) in [6.45, 7) is 9.12. The minimum absolute atomic E-state index is 0.0468. The first-order valence-corrected chi connectivity index (χ1v) is 10.4. The summed E-state index contributed by atoms with van der Waals surface area (Å²) in [4.78, 5) is 12.2. The number of carbonyl (C=O) groups is 1. The minimum atomic E-state index is -0.209. The third-order valence-corrected chi connectivity index (χ3v) is 9.76. The van der Waals surface area contributed by atoms with Crippen LogP contribution in [0.15, 0.2) is 0 Å². The molecule has 0 aromatic carbocycles. The SMILES string of the molecule is CC(=O)[C@H]1CC[C@@H]2C3CC[C@]4(C)CCCC[C@]4(C)C3[C@@H](O)CC12C. The number of hydrogen-bond acceptors (Lipinski definition) is 2. The molecular formula is C22H36O2. The first-order valence-electron chi connectivity index (χ1n) is 10.4. The van der Waals surface area contributed by atoms with Gasteiger partial charge < -0.3 is 5.11 Å². The Labute approximate surface area is 147 Å². The van der Waals surface area contributed by atoms with Crippen molar-refractivity contribution < 1.29 is 9.90 Å². The number of rotatable bonds is 1. The van der Waals surface area contributed by atoms with Crippen molar-refractivity contribution in [3.8, 4) is 0 Å². The first kappa shape index (κ1) is 17.1. The van der Waals surface area contributed by atoms with Crippen LogP contribution in [0.3, 0.4) is 0 Å². The summed E-state index contributed by atoms with van der Waals surface area (Å²) >= 11 is 0. The number of aliphatic hydroxyl groups is 1. The summed E-state index contributed by atoms with van der Waals surface area (Å²) in [5.41, 5.74) is 0.758. The number of ketones is 1. The summed E-state index contributed by atoms with van der Waals surface area (Å²) in [5, 5.41) is 11.3. The number of carbonyl (C=O) groups excluding carboxylic acids is 1. The predicted molar refractivity (Wildman–Crippen MR) is 96.5 cm³/mol. The minimum Gasteiger partial charge on any atom is -0.393 e. The number of hydrogen-bond donors (Lipinski definition) is 1. The highest BCUT2D eigenvalue weighted by Gasteiger charge is 2.65. The van der Waals surface area contributed by atoms with Crippen molar-refractivity contribution in [2.24, 2.45) is 39.9 Å². The largest absolute Gasteiger partial charge is 0.393 e. The molecule has 0 radical (unpaired) electrons. The van der Waals surface area contributed by atoms with E-state index in [4.69, 9.17) is 0 Å². The highest BCUT2D eigenvalue weighted by Crippen LogP contribution is 2.70. The van der Waals surface area contributed by atoms with Gasteiger partial charge in [-0.15, -0.1) is 0 Å². The van der Waals surface area contributed by atoms with Crippen LogP contribution >= 0.6 is 0 Å². The molecule has 0 bridgehead atoms. The predicted octanol–water partition coefficient (Wildman–Crippen LogP) is 4.99. The first-order chi connectivity index (χ1) is 11.2. The topological polar surface area (TPSA) is 37.3 Å². The van der Waals surface area contributed by atoms with E-state index in [-0.39, 0.29) is 17.4 Å². The third kappa shape index (κ3) is 2.01. The smallest absolute Gasteiger partial charge is 0.133 e. The van der Waals surface area contributed by atoms with Gasteiger partial charge >= 0.3 is 0 Å². The second-order valence-electron chi connectivity index (χ2n) is 10.5. The zero-order valence-corrected chi connectivity index (χ0v) is 16.1. The molecule has 4 aliphatic rings. The van der Waals surface area contributed by atoms with E-state index >= 15 is 0 Å². The van der Waals surface area contributed by atoms with Crippen LogP contribution in [-0.4, -0.2) is 17.0 Å². The van der Waals surface area contributed by atoms with Crippen LogP contribution in [0.25, 0.3) is 0 Å². The number of Topliss-reactive ketones (excluding diaryl/α,β-unsaturated/α-hetero) is 1. The fraction of sp³-hybridized carbons (Fsp3) is 0.955. The van der Waals surface area contributed by atoms with Crippen molar-refractivity contribution in [3.63, 3.8) is 0 Å².